The molecule has 232 valence electrons. The van der Waals surface area contributed by atoms with E-state index in [1.54, 1.807) is 11.8 Å². The normalized spacial score (nSPS) is 11.3. The topological polar surface area (TPSA) is 214 Å². The molecule has 0 unspecified atom stereocenters. The molecule has 0 aromatic carbocycles. The number of rotatable bonds is 28. The predicted molar refractivity (Wildman–Crippen MR) is 155 cm³/mol. The van der Waals surface area contributed by atoms with Crippen LogP contribution in [-0.2, 0) is 24.0 Å². The Hall–Kier alpha value is -2.11. The molecular weight excluding hydrogens is 566 g/mol. The van der Waals surface area contributed by atoms with E-state index in [1.165, 1.54) is 29.1 Å². The van der Waals surface area contributed by atoms with Gasteiger partial charge in [0.1, 0.15) is 0 Å². The van der Waals surface area contributed by atoms with Crippen molar-refractivity contribution in [2.75, 3.05) is 95.0 Å². The fraction of sp³-hybridized carbons (Fsp3) is 0.792. The second kappa shape index (κ2) is 24.7. The van der Waals surface area contributed by atoms with Gasteiger partial charge in [0.05, 0.1) is 32.7 Å². The van der Waals surface area contributed by atoms with Crippen LogP contribution >= 0.6 is 23.5 Å². The summed E-state index contributed by atoms with van der Waals surface area (Å²) in [4.78, 5) is 60.9. The molecule has 40 heavy (non-hydrogen) atoms. The minimum Gasteiger partial charge on any atom is -0.480 e. The lowest BCUT2D eigenvalue weighted by Crippen LogP contribution is -2.46. The fourth-order valence-electron chi connectivity index (χ4n) is 3.60. The smallest absolute Gasteiger partial charge is 0.317 e. The number of nitrogens with two attached hydrogens (primary N) is 1. The number of thioether (sulfide) groups is 2. The van der Waals surface area contributed by atoms with Crippen molar-refractivity contribution in [3.8, 4) is 0 Å². The van der Waals surface area contributed by atoms with E-state index in [1.807, 2.05) is 11.8 Å². The largest absolute Gasteiger partial charge is 0.480 e. The van der Waals surface area contributed by atoms with Crippen molar-refractivity contribution in [3.63, 3.8) is 0 Å². The SMILES string of the molecule is NCCSCCCCCCSCCNC(=O)CN(CCN(CCN(CC(=O)O)CC(=O)O)CC(=O)O)CC(=O)O. The number of aliphatic carboxylic acids is 4. The van der Waals surface area contributed by atoms with Gasteiger partial charge in [0.2, 0.25) is 5.91 Å². The van der Waals surface area contributed by atoms with Crippen LogP contribution in [0.2, 0.25) is 0 Å². The summed E-state index contributed by atoms with van der Waals surface area (Å²) in [5, 5.41) is 39.2. The molecule has 0 aliphatic heterocycles. The lowest BCUT2D eigenvalue weighted by Gasteiger charge is -2.27. The van der Waals surface area contributed by atoms with Crippen LogP contribution in [0.15, 0.2) is 0 Å². The Bertz CT molecular complexity index is 748. The predicted octanol–water partition coefficient (Wildman–Crippen LogP) is -0.667. The average molecular weight is 612 g/mol. The summed E-state index contributed by atoms with van der Waals surface area (Å²) in [7, 11) is 0. The molecule has 0 aromatic heterocycles. The van der Waals surface area contributed by atoms with Gasteiger partial charge in [-0.15, -0.1) is 0 Å². The minimum absolute atomic E-state index is 0.0170. The Balaban J connectivity index is 4.49. The molecule has 14 nitrogen and oxygen atoms in total. The molecule has 0 atom stereocenters. The molecule has 0 aromatic rings. The van der Waals surface area contributed by atoms with E-state index in [4.69, 9.17) is 15.9 Å². The highest BCUT2D eigenvalue weighted by Gasteiger charge is 2.19. The van der Waals surface area contributed by atoms with E-state index in [9.17, 15) is 34.2 Å². The maximum Gasteiger partial charge on any atom is 0.317 e. The third-order valence-corrected chi connectivity index (χ3v) is 7.60. The standard InChI is InChI=1S/C24H45N5O9S2/c25-5-13-39-11-3-1-2-4-12-40-14-6-26-20(30)15-28(17-22(33)34)9-7-27(16-21(31)32)8-10-29(18-23(35)36)19-24(37)38/h1-19,25H2,(H,26,30)(H,31,32)(H,33,34)(H,35,36)(H,37,38). The number of hydrogen-bond donors (Lipinski definition) is 6. The lowest BCUT2D eigenvalue weighted by molar-refractivity contribution is -0.143. The fourth-order valence-corrected chi connectivity index (χ4v) is 5.24. The van der Waals surface area contributed by atoms with Gasteiger partial charge in [0.25, 0.3) is 0 Å². The first kappa shape index (κ1) is 37.9. The van der Waals surface area contributed by atoms with Crippen molar-refractivity contribution in [1.29, 1.82) is 0 Å². The van der Waals surface area contributed by atoms with Gasteiger partial charge in [0, 0.05) is 50.8 Å². The van der Waals surface area contributed by atoms with Crippen molar-refractivity contribution in [3.05, 3.63) is 0 Å². The first-order valence-corrected chi connectivity index (χ1v) is 15.5. The number of carboxylic acids is 4. The highest BCUT2D eigenvalue weighted by atomic mass is 32.2. The molecular formula is C24H45N5O9S2. The Morgan fingerprint density at radius 3 is 1.40 bits per heavy atom. The Labute approximate surface area is 244 Å². The Kier molecular flexibility index (Phi) is 23.4. The van der Waals surface area contributed by atoms with Crippen LogP contribution in [0.1, 0.15) is 25.7 Å². The highest BCUT2D eigenvalue weighted by Crippen LogP contribution is 2.10. The van der Waals surface area contributed by atoms with Gasteiger partial charge in [-0.2, -0.15) is 23.5 Å². The number of amides is 1. The zero-order valence-corrected chi connectivity index (χ0v) is 24.6. The summed E-state index contributed by atoms with van der Waals surface area (Å²) in [5.41, 5.74) is 5.46. The van der Waals surface area contributed by atoms with Crippen LogP contribution in [0.3, 0.4) is 0 Å². The number of unbranched alkanes of at least 4 members (excludes halogenated alkanes) is 3. The van der Waals surface area contributed by atoms with E-state index in [-0.39, 0.29) is 38.6 Å². The molecule has 0 fully saturated rings. The second-order valence-electron chi connectivity index (χ2n) is 9.05. The summed E-state index contributed by atoms with van der Waals surface area (Å²) in [6.07, 6.45) is 4.67. The average Bonchev–Trinajstić information content (AvgIpc) is 2.84. The minimum atomic E-state index is -1.22. The number of carbonyl (C=O) groups excluding carboxylic acids is 1. The zero-order valence-electron chi connectivity index (χ0n) is 23.0. The number of nitrogens with zero attached hydrogens (tertiary/aromatic N) is 3. The summed E-state index contributed by atoms with van der Waals surface area (Å²) >= 11 is 3.63. The van der Waals surface area contributed by atoms with Crippen molar-refractivity contribution < 1.29 is 44.4 Å². The van der Waals surface area contributed by atoms with E-state index in [0.717, 1.165) is 40.9 Å². The van der Waals surface area contributed by atoms with Crippen molar-refractivity contribution in [2.24, 2.45) is 5.73 Å². The highest BCUT2D eigenvalue weighted by molar-refractivity contribution is 7.99. The third kappa shape index (κ3) is 24.9. The lowest BCUT2D eigenvalue weighted by atomic mass is 10.2. The second-order valence-corrected chi connectivity index (χ2v) is 11.5. The quantitative estimate of drug-likeness (QED) is 0.0605. The van der Waals surface area contributed by atoms with E-state index >= 15 is 0 Å². The summed E-state index contributed by atoms with van der Waals surface area (Å²) in [5.74, 6) is -1.16. The molecule has 0 heterocycles. The van der Waals surface area contributed by atoms with Crippen LogP contribution < -0.4 is 11.1 Å². The molecule has 0 saturated carbocycles. The number of nitrogens with one attached hydrogen (secondary N) is 1. The molecule has 7 N–H and O–H groups in total. The maximum atomic E-state index is 12.4. The molecule has 0 aliphatic carbocycles. The Morgan fingerprint density at radius 2 is 0.950 bits per heavy atom. The van der Waals surface area contributed by atoms with Gasteiger partial charge in [0.15, 0.2) is 0 Å². The van der Waals surface area contributed by atoms with Gasteiger partial charge in [-0.1, -0.05) is 12.8 Å². The van der Waals surface area contributed by atoms with Gasteiger partial charge in [-0.3, -0.25) is 38.7 Å². The van der Waals surface area contributed by atoms with Crippen LogP contribution in [0, 0.1) is 0 Å². The van der Waals surface area contributed by atoms with Gasteiger partial charge < -0.3 is 31.5 Å². The van der Waals surface area contributed by atoms with E-state index < -0.39 is 50.1 Å². The van der Waals surface area contributed by atoms with Gasteiger partial charge >= 0.3 is 23.9 Å². The van der Waals surface area contributed by atoms with Crippen molar-refractivity contribution in [1.82, 2.24) is 20.0 Å². The summed E-state index contributed by atoms with van der Waals surface area (Å²) in [6.45, 7) is -0.692. The Morgan fingerprint density at radius 1 is 0.550 bits per heavy atom. The third-order valence-electron chi connectivity index (χ3n) is 5.43. The monoisotopic (exact) mass is 611 g/mol. The first-order chi connectivity index (χ1) is 19.0. The molecule has 1 amide bonds. The van der Waals surface area contributed by atoms with E-state index in [2.05, 4.69) is 5.32 Å². The van der Waals surface area contributed by atoms with Crippen LogP contribution in [-0.4, -0.2) is 160 Å². The molecule has 0 aliphatic rings. The first-order valence-electron chi connectivity index (χ1n) is 13.2. The zero-order chi connectivity index (χ0) is 30.2. The van der Waals surface area contributed by atoms with Crippen LogP contribution in [0.4, 0.5) is 0 Å². The van der Waals surface area contributed by atoms with Crippen molar-refractivity contribution in [2.45, 2.75) is 25.7 Å². The van der Waals surface area contributed by atoms with Crippen LogP contribution in [0.5, 0.6) is 0 Å². The van der Waals surface area contributed by atoms with Crippen molar-refractivity contribution >= 4 is 53.3 Å². The molecule has 16 heteroatoms. The number of carbonyl (C=O) groups is 5. The molecule has 0 bridgehead atoms. The van der Waals surface area contributed by atoms with Gasteiger partial charge in [-0.25, -0.2) is 0 Å². The number of hydrogen-bond acceptors (Lipinski definition) is 11. The van der Waals surface area contributed by atoms with E-state index in [0.29, 0.717) is 6.54 Å². The summed E-state index contributed by atoms with van der Waals surface area (Å²) in [6, 6.07) is 0. The molecule has 0 rings (SSSR count). The molecule has 0 saturated heterocycles. The maximum absolute atomic E-state index is 12.4. The summed E-state index contributed by atoms with van der Waals surface area (Å²) < 4.78 is 0. The van der Waals surface area contributed by atoms with Crippen LogP contribution in [0.25, 0.3) is 0 Å². The van der Waals surface area contributed by atoms with Gasteiger partial charge in [-0.05, 0) is 24.3 Å². The number of carboxylic acid groups (broad SMARTS) is 4. The molecule has 0 spiro atoms. The molecule has 0 radical (unpaired) electrons.